The number of nitrogens with zero attached hydrogens (tertiary/aromatic N) is 1. The van der Waals surface area contributed by atoms with Crippen molar-refractivity contribution in [1.29, 1.82) is 0 Å². The highest BCUT2D eigenvalue weighted by Crippen LogP contribution is 2.34. The van der Waals surface area contributed by atoms with Crippen molar-refractivity contribution >= 4 is 17.3 Å². The van der Waals surface area contributed by atoms with Crippen LogP contribution >= 0.6 is 0 Å². The summed E-state index contributed by atoms with van der Waals surface area (Å²) in [5.41, 5.74) is 4.49. The molecule has 0 aromatic heterocycles. The molecule has 0 aliphatic rings. The molecule has 0 saturated carbocycles. The van der Waals surface area contributed by atoms with Crippen LogP contribution in [0.5, 0.6) is 5.75 Å². The van der Waals surface area contributed by atoms with Crippen LogP contribution < -0.4 is 10.5 Å². The SMILES string of the molecule is CCOC(=O)Cc1c([N+](=O)[O-])ccc(OC(F)F)c1N. The normalized spacial score (nSPS) is 10.4. The molecular formula is C11H12F2N2O5. The molecule has 0 spiro atoms. The number of carbonyl (C=O) groups excluding carboxylic acids is 1. The van der Waals surface area contributed by atoms with Crippen molar-refractivity contribution in [2.24, 2.45) is 0 Å². The Labute approximate surface area is 112 Å². The number of ether oxygens (including phenoxy) is 2. The quantitative estimate of drug-likeness (QED) is 0.371. The lowest BCUT2D eigenvalue weighted by atomic mass is 10.1. The van der Waals surface area contributed by atoms with Crippen LogP contribution in [0.25, 0.3) is 0 Å². The van der Waals surface area contributed by atoms with E-state index in [-0.39, 0.29) is 17.9 Å². The maximum absolute atomic E-state index is 12.2. The van der Waals surface area contributed by atoms with Gasteiger partial charge in [0.05, 0.1) is 29.2 Å². The second-order valence-corrected chi connectivity index (χ2v) is 3.59. The van der Waals surface area contributed by atoms with Crippen LogP contribution in [0.2, 0.25) is 0 Å². The molecule has 1 rings (SSSR count). The number of nitro groups is 1. The lowest BCUT2D eigenvalue weighted by Gasteiger charge is -2.11. The van der Waals surface area contributed by atoms with E-state index < -0.39 is 35.4 Å². The van der Waals surface area contributed by atoms with Gasteiger partial charge in [-0.1, -0.05) is 0 Å². The van der Waals surface area contributed by atoms with Gasteiger partial charge in [-0.05, 0) is 13.0 Å². The molecule has 1 aromatic carbocycles. The number of rotatable bonds is 6. The van der Waals surface area contributed by atoms with Crippen molar-refractivity contribution < 1.29 is 28.0 Å². The average molecular weight is 290 g/mol. The summed E-state index contributed by atoms with van der Waals surface area (Å²) in [5.74, 6) is -1.18. The van der Waals surface area contributed by atoms with Crippen molar-refractivity contribution in [3.63, 3.8) is 0 Å². The molecule has 0 bridgehead atoms. The van der Waals surface area contributed by atoms with E-state index in [9.17, 15) is 23.7 Å². The number of benzene rings is 1. The van der Waals surface area contributed by atoms with Gasteiger partial charge in [0, 0.05) is 6.07 Å². The van der Waals surface area contributed by atoms with Gasteiger partial charge in [0.25, 0.3) is 5.69 Å². The first kappa shape index (κ1) is 15.6. The Kier molecular flexibility index (Phi) is 5.18. The number of halogens is 2. The van der Waals surface area contributed by atoms with Gasteiger partial charge in [0.2, 0.25) is 0 Å². The summed E-state index contributed by atoms with van der Waals surface area (Å²) in [6.45, 7) is -1.49. The predicted octanol–water partition coefficient (Wildman–Crippen LogP) is 1.88. The number of carbonyl (C=O) groups is 1. The molecule has 0 fully saturated rings. The molecule has 0 aliphatic heterocycles. The van der Waals surface area contributed by atoms with Crippen LogP contribution in [-0.2, 0) is 16.0 Å². The monoisotopic (exact) mass is 290 g/mol. The van der Waals surface area contributed by atoms with E-state index in [2.05, 4.69) is 9.47 Å². The Morgan fingerprint density at radius 2 is 2.15 bits per heavy atom. The van der Waals surface area contributed by atoms with E-state index in [1.54, 1.807) is 6.92 Å². The molecule has 0 radical (unpaired) electrons. The summed E-state index contributed by atoms with van der Waals surface area (Å²) in [7, 11) is 0. The van der Waals surface area contributed by atoms with Gasteiger partial charge in [-0.25, -0.2) is 0 Å². The fraction of sp³-hybridized carbons (Fsp3) is 0.364. The second-order valence-electron chi connectivity index (χ2n) is 3.59. The van der Waals surface area contributed by atoms with Crippen molar-refractivity contribution in [1.82, 2.24) is 0 Å². The first-order chi connectivity index (χ1) is 9.36. The Balaban J connectivity index is 3.20. The predicted molar refractivity (Wildman–Crippen MR) is 64.5 cm³/mol. The van der Waals surface area contributed by atoms with Gasteiger partial charge in [-0.15, -0.1) is 0 Å². The Hall–Kier alpha value is -2.45. The average Bonchev–Trinajstić information content (AvgIpc) is 2.33. The van der Waals surface area contributed by atoms with Gasteiger partial charge in [-0.3, -0.25) is 14.9 Å². The highest BCUT2D eigenvalue weighted by atomic mass is 19.3. The third-order valence-corrected chi connectivity index (χ3v) is 2.33. The third-order valence-electron chi connectivity index (χ3n) is 2.33. The number of nitrogen functional groups attached to an aromatic ring is 1. The number of hydrogen-bond acceptors (Lipinski definition) is 6. The molecule has 9 heteroatoms. The van der Waals surface area contributed by atoms with Crippen molar-refractivity contribution in [3.05, 3.63) is 27.8 Å². The zero-order valence-electron chi connectivity index (χ0n) is 10.5. The Morgan fingerprint density at radius 1 is 1.50 bits per heavy atom. The summed E-state index contributed by atoms with van der Waals surface area (Å²) in [6, 6.07) is 1.90. The summed E-state index contributed by atoms with van der Waals surface area (Å²) in [6.07, 6.45) is -0.504. The summed E-state index contributed by atoms with van der Waals surface area (Å²) in [5, 5.41) is 10.9. The van der Waals surface area contributed by atoms with Gasteiger partial charge >= 0.3 is 12.6 Å². The Bertz CT molecular complexity index is 522. The molecular weight excluding hydrogens is 278 g/mol. The number of esters is 1. The highest BCUT2D eigenvalue weighted by Gasteiger charge is 2.23. The minimum absolute atomic E-state index is 0.0831. The second kappa shape index (κ2) is 6.64. The van der Waals surface area contributed by atoms with Gasteiger partial charge in [-0.2, -0.15) is 8.78 Å². The van der Waals surface area contributed by atoms with E-state index in [0.717, 1.165) is 12.1 Å². The molecule has 0 unspecified atom stereocenters. The topological polar surface area (TPSA) is 105 Å². The highest BCUT2D eigenvalue weighted by molar-refractivity contribution is 5.79. The van der Waals surface area contributed by atoms with Crippen molar-refractivity contribution in [2.45, 2.75) is 20.0 Å². The fourth-order valence-corrected chi connectivity index (χ4v) is 1.54. The number of nitrogens with two attached hydrogens (primary N) is 1. The number of hydrogen-bond donors (Lipinski definition) is 1. The third kappa shape index (κ3) is 3.77. The zero-order valence-corrected chi connectivity index (χ0v) is 10.5. The maximum atomic E-state index is 12.2. The largest absolute Gasteiger partial charge is 0.466 e. The van der Waals surface area contributed by atoms with Gasteiger partial charge < -0.3 is 15.2 Å². The van der Waals surface area contributed by atoms with Crippen LogP contribution in [0.4, 0.5) is 20.2 Å². The molecule has 0 atom stereocenters. The van der Waals surface area contributed by atoms with Crippen LogP contribution in [0.15, 0.2) is 12.1 Å². The van der Waals surface area contributed by atoms with Gasteiger partial charge in [0.15, 0.2) is 0 Å². The minimum atomic E-state index is -3.13. The van der Waals surface area contributed by atoms with Crippen LogP contribution in [0.1, 0.15) is 12.5 Å². The molecule has 110 valence electrons. The smallest absolute Gasteiger partial charge is 0.387 e. The first-order valence-corrected chi connectivity index (χ1v) is 5.53. The molecule has 0 saturated heterocycles. The molecule has 0 heterocycles. The standard InChI is InChI=1S/C11H12F2N2O5/c1-2-19-9(16)5-6-7(15(17)18)3-4-8(10(6)14)20-11(12)13/h3-4,11H,2,5,14H2,1H3. The van der Waals surface area contributed by atoms with Crippen LogP contribution in [-0.4, -0.2) is 24.1 Å². The van der Waals surface area contributed by atoms with Crippen molar-refractivity contribution in [3.8, 4) is 5.75 Å². The molecule has 2 N–H and O–H groups in total. The molecule has 7 nitrogen and oxygen atoms in total. The lowest BCUT2D eigenvalue weighted by Crippen LogP contribution is -2.13. The number of anilines is 1. The van der Waals surface area contributed by atoms with E-state index in [1.165, 1.54) is 0 Å². The van der Waals surface area contributed by atoms with Crippen LogP contribution in [0.3, 0.4) is 0 Å². The first-order valence-electron chi connectivity index (χ1n) is 5.53. The Morgan fingerprint density at radius 3 is 2.65 bits per heavy atom. The van der Waals surface area contributed by atoms with E-state index in [1.807, 2.05) is 0 Å². The fourth-order valence-electron chi connectivity index (χ4n) is 1.54. The number of alkyl halides is 2. The van der Waals surface area contributed by atoms with Crippen molar-refractivity contribution in [2.75, 3.05) is 12.3 Å². The molecule has 0 aliphatic carbocycles. The van der Waals surface area contributed by atoms with Gasteiger partial charge in [0.1, 0.15) is 5.75 Å². The lowest BCUT2D eigenvalue weighted by molar-refractivity contribution is -0.385. The molecule has 20 heavy (non-hydrogen) atoms. The molecule has 1 aromatic rings. The maximum Gasteiger partial charge on any atom is 0.387 e. The summed E-state index contributed by atoms with van der Waals surface area (Å²) >= 11 is 0. The molecule has 0 amide bonds. The number of nitro benzene ring substituents is 1. The summed E-state index contributed by atoms with van der Waals surface area (Å²) in [4.78, 5) is 21.5. The van der Waals surface area contributed by atoms with E-state index in [4.69, 9.17) is 5.73 Å². The van der Waals surface area contributed by atoms with E-state index in [0.29, 0.717) is 0 Å². The zero-order chi connectivity index (χ0) is 15.3. The van der Waals surface area contributed by atoms with Crippen LogP contribution in [0, 0.1) is 10.1 Å². The van der Waals surface area contributed by atoms with E-state index >= 15 is 0 Å². The minimum Gasteiger partial charge on any atom is -0.466 e. The summed E-state index contributed by atoms with van der Waals surface area (Å²) < 4.78 is 33.1.